The summed E-state index contributed by atoms with van der Waals surface area (Å²) in [6.07, 6.45) is 1.96. The Kier molecular flexibility index (Phi) is 6.12. The number of carbonyl (C=O) groups is 2. The van der Waals surface area contributed by atoms with Gasteiger partial charge >= 0.3 is 0 Å². The van der Waals surface area contributed by atoms with E-state index in [0.29, 0.717) is 31.1 Å². The van der Waals surface area contributed by atoms with Gasteiger partial charge in [-0.15, -0.1) is 0 Å². The molecule has 0 saturated carbocycles. The first kappa shape index (κ1) is 22.9. The third-order valence-electron chi connectivity index (χ3n) is 6.93. The monoisotopic (exact) mass is 525 g/mol. The number of rotatable bonds is 6. The first-order valence-electron chi connectivity index (χ1n) is 11.5. The lowest BCUT2D eigenvalue weighted by molar-refractivity contribution is -0.133. The quantitative estimate of drug-likeness (QED) is 0.525. The van der Waals surface area contributed by atoms with Crippen molar-refractivity contribution in [3.05, 3.63) is 64.3 Å². The molecule has 0 unspecified atom stereocenters. The Morgan fingerprint density at radius 1 is 1.26 bits per heavy atom. The molecule has 1 fully saturated rings. The maximum Gasteiger partial charge on any atom is 0.271 e. The van der Waals surface area contributed by atoms with E-state index < -0.39 is 5.54 Å². The molecule has 2 atom stereocenters. The van der Waals surface area contributed by atoms with Gasteiger partial charge in [0.15, 0.2) is 0 Å². The normalized spacial score (nSPS) is 22.1. The molecular weight excluding hydrogens is 498 g/mol. The number of hydrogen-bond acceptors (Lipinski definition) is 4. The highest BCUT2D eigenvalue weighted by Crippen LogP contribution is 2.35. The SMILES string of the molecule is COc1ccc2cc3n(c2c1)C[C@](C)(C(=O)NC[C@@H]1CCCO1)N(Cc1ccccc1Br)C3=O. The van der Waals surface area contributed by atoms with Crippen LogP contribution in [-0.2, 0) is 22.6 Å². The fraction of sp³-hybridized carbons (Fsp3) is 0.385. The molecular formula is C26H28BrN3O4. The Morgan fingerprint density at radius 3 is 2.82 bits per heavy atom. The van der Waals surface area contributed by atoms with Crippen molar-refractivity contribution in [1.82, 2.24) is 14.8 Å². The largest absolute Gasteiger partial charge is 0.497 e. The molecule has 34 heavy (non-hydrogen) atoms. The summed E-state index contributed by atoms with van der Waals surface area (Å²) >= 11 is 3.59. The van der Waals surface area contributed by atoms with Gasteiger partial charge in [0, 0.05) is 35.6 Å². The summed E-state index contributed by atoms with van der Waals surface area (Å²) in [5.41, 5.74) is 1.30. The topological polar surface area (TPSA) is 72.8 Å². The summed E-state index contributed by atoms with van der Waals surface area (Å²) in [5.74, 6) is 0.353. The van der Waals surface area contributed by atoms with Crippen LogP contribution in [0.25, 0.3) is 10.9 Å². The van der Waals surface area contributed by atoms with Crippen molar-refractivity contribution in [2.24, 2.45) is 0 Å². The Balaban J connectivity index is 1.55. The molecule has 178 valence electrons. The number of ether oxygens (including phenoxy) is 2. The molecule has 2 aromatic carbocycles. The molecule has 3 aromatic rings. The summed E-state index contributed by atoms with van der Waals surface area (Å²) in [4.78, 5) is 29.3. The van der Waals surface area contributed by atoms with Crippen LogP contribution < -0.4 is 10.1 Å². The van der Waals surface area contributed by atoms with Gasteiger partial charge in [-0.25, -0.2) is 0 Å². The van der Waals surface area contributed by atoms with Crippen molar-refractivity contribution in [1.29, 1.82) is 0 Å². The highest BCUT2D eigenvalue weighted by Gasteiger charge is 2.48. The van der Waals surface area contributed by atoms with Crippen LogP contribution >= 0.6 is 15.9 Å². The maximum absolute atomic E-state index is 13.9. The van der Waals surface area contributed by atoms with Gasteiger partial charge in [-0.2, -0.15) is 0 Å². The number of methoxy groups -OCH3 is 1. The van der Waals surface area contributed by atoms with E-state index >= 15 is 0 Å². The van der Waals surface area contributed by atoms with Gasteiger partial charge in [0.05, 0.1) is 25.3 Å². The number of halogens is 1. The minimum Gasteiger partial charge on any atom is -0.497 e. The van der Waals surface area contributed by atoms with Crippen molar-refractivity contribution in [3.63, 3.8) is 0 Å². The van der Waals surface area contributed by atoms with Crippen LogP contribution in [0.2, 0.25) is 0 Å². The number of benzene rings is 2. The summed E-state index contributed by atoms with van der Waals surface area (Å²) in [6.45, 7) is 3.67. The fourth-order valence-electron chi connectivity index (χ4n) is 4.90. The summed E-state index contributed by atoms with van der Waals surface area (Å²) in [6, 6.07) is 15.4. The van der Waals surface area contributed by atoms with E-state index in [9.17, 15) is 9.59 Å². The zero-order chi connectivity index (χ0) is 23.9. The third kappa shape index (κ3) is 3.99. The summed E-state index contributed by atoms with van der Waals surface area (Å²) in [7, 11) is 1.62. The molecule has 2 amide bonds. The van der Waals surface area contributed by atoms with Crippen LogP contribution in [0, 0.1) is 0 Å². The van der Waals surface area contributed by atoms with Crippen molar-refractivity contribution in [3.8, 4) is 5.75 Å². The lowest BCUT2D eigenvalue weighted by Crippen LogP contribution is -2.64. The molecule has 1 aromatic heterocycles. The molecule has 0 radical (unpaired) electrons. The van der Waals surface area contributed by atoms with Crippen LogP contribution in [0.3, 0.4) is 0 Å². The van der Waals surface area contributed by atoms with Gasteiger partial charge < -0.3 is 24.3 Å². The molecule has 8 heteroatoms. The molecule has 2 aliphatic heterocycles. The minimum absolute atomic E-state index is 0.0239. The molecule has 3 heterocycles. The van der Waals surface area contributed by atoms with E-state index in [0.717, 1.165) is 40.4 Å². The number of hydrogen-bond donors (Lipinski definition) is 1. The van der Waals surface area contributed by atoms with Crippen molar-refractivity contribution in [2.75, 3.05) is 20.3 Å². The standard InChI is InChI=1S/C26H28BrN3O4/c1-26(25(32)28-14-20-7-5-11-34-20)16-29-22-13-19(33-2)10-9-17(22)12-23(29)24(31)30(26)15-18-6-3-4-8-21(18)27/h3-4,6,8-10,12-13,20H,5,7,11,14-16H2,1-2H3,(H,28,32)/t20-,26+/m0/s1. The van der Waals surface area contributed by atoms with Gasteiger partial charge in [-0.3, -0.25) is 9.59 Å². The average Bonchev–Trinajstić information content (AvgIpc) is 3.49. The van der Waals surface area contributed by atoms with Crippen molar-refractivity contribution in [2.45, 2.75) is 44.5 Å². The molecule has 0 bridgehead atoms. The second-order valence-electron chi connectivity index (χ2n) is 9.14. The minimum atomic E-state index is -1.09. The van der Waals surface area contributed by atoms with Crippen LogP contribution in [0.1, 0.15) is 35.8 Å². The molecule has 1 saturated heterocycles. The molecule has 5 rings (SSSR count). The zero-order valence-electron chi connectivity index (χ0n) is 19.3. The van der Waals surface area contributed by atoms with Gasteiger partial charge in [-0.05, 0) is 49.6 Å². The average molecular weight is 526 g/mol. The van der Waals surface area contributed by atoms with Gasteiger partial charge in [0.1, 0.15) is 17.0 Å². The number of amides is 2. The Morgan fingerprint density at radius 2 is 2.09 bits per heavy atom. The first-order chi connectivity index (χ1) is 16.4. The van der Waals surface area contributed by atoms with Gasteiger partial charge in [-0.1, -0.05) is 34.1 Å². The summed E-state index contributed by atoms with van der Waals surface area (Å²) in [5, 5.41) is 4.01. The van der Waals surface area contributed by atoms with Crippen LogP contribution in [0.15, 0.2) is 53.0 Å². The number of nitrogens with one attached hydrogen (secondary N) is 1. The number of nitrogens with zero attached hydrogens (tertiary/aromatic N) is 2. The predicted octanol–water partition coefficient (Wildman–Crippen LogP) is 4.12. The predicted molar refractivity (Wildman–Crippen MR) is 133 cm³/mol. The Bertz CT molecular complexity index is 1250. The number of aromatic nitrogens is 1. The molecule has 1 N–H and O–H groups in total. The first-order valence-corrected chi connectivity index (χ1v) is 12.3. The second kappa shape index (κ2) is 9.07. The van der Waals surface area contributed by atoms with E-state index in [4.69, 9.17) is 9.47 Å². The van der Waals surface area contributed by atoms with Crippen molar-refractivity contribution >= 4 is 38.6 Å². The number of fused-ring (bicyclic) bond motifs is 3. The molecule has 0 spiro atoms. The van der Waals surface area contributed by atoms with Crippen LogP contribution in [0.4, 0.5) is 0 Å². The van der Waals surface area contributed by atoms with Crippen molar-refractivity contribution < 1.29 is 19.1 Å². The van der Waals surface area contributed by atoms with E-state index in [1.807, 2.05) is 60.0 Å². The van der Waals surface area contributed by atoms with Gasteiger partial charge in [0.25, 0.3) is 5.91 Å². The van der Waals surface area contributed by atoms with E-state index in [-0.39, 0.29) is 17.9 Å². The molecule has 0 aliphatic carbocycles. The highest BCUT2D eigenvalue weighted by molar-refractivity contribution is 9.10. The summed E-state index contributed by atoms with van der Waals surface area (Å²) < 4.78 is 14.0. The van der Waals surface area contributed by atoms with Crippen LogP contribution in [-0.4, -0.2) is 53.2 Å². The van der Waals surface area contributed by atoms with E-state index in [1.165, 1.54) is 0 Å². The zero-order valence-corrected chi connectivity index (χ0v) is 20.9. The lowest BCUT2D eigenvalue weighted by Gasteiger charge is -2.44. The lowest BCUT2D eigenvalue weighted by atomic mass is 9.93. The molecule has 2 aliphatic rings. The Labute approximate surface area is 207 Å². The Hall–Kier alpha value is -2.84. The number of carbonyl (C=O) groups excluding carboxylic acids is 2. The third-order valence-corrected chi connectivity index (χ3v) is 7.70. The highest BCUT2D eigenvalue weighted by atomic mass is 79.9. The molecule has 7 nitrogen and oxygen atoms in total. The van der Waals surface area contributed by atoms with E-state index in [2.05, 4.69) is 21.2 Å². The van der Waals surface area contributed by atoms with E-state index in [1.54, 1.807) is 12.0 Å². The fourth-order valence-corrected chi connectivity index (χ4v) is 5.31. The smallest absolute Gasteiger partial charge is 0.271 e. The second-order valence-corrected chi connectivity index (χ2v) is 10.00. The van der Waals surface area contributed by atoms with Gasteiger partial charge in [0.2, 0.25) is 5.91 Å². The maximum atomic E-state index is 13.9. The van der Waals surface area contributed by atoms with Crippen LogP contribution in [0.5, 0.6) is 5.75 Å².